The van der Waals surface area contributed by atoms with Crippen LogP contribution in [0.5, 0.6) is 0 Å². The zero-order chi connectivity index (χ0) is 15.6. The lowest BCUT2D eigenvalue weighted by Gasteiger charge is -2.43. The van der Waals surface area contributed by atoms with E-state index in [-0.39, 0.29) is 18.3 Å². The first-order valence-electron chi connectivity index (χ1n) is 7.36. The second kappa shape index (κ2) is 6.65. The van der Waals surface area contributed by atoms with E-state index < -0.39 is 0 Å². The van der Waals surface area contributed by atoms with Gasteiger partial charge in [-0.05, 0) is 61.4 Å². The Morgan fingerprint density at radius 1 is 1.52 bits per heavy atom. The van der Waals surface area contributed by atoms with Crippen molar-refractivity contribution in [1.82, 2.24) is 5.32 Å². The Labute approximate surface area is 135 Å². The van der Waals surface area contributed by atoms with Gasteiger partial charge in [0.1, 0.15) is 0 Å². The minimum atomic E-state index is -0.262. The summed E-state index contributed by atoms with van der Waals surface area (Å²) in [5.74, 6) is 0. The Kier molecular flexibility index (Phi) is 5.30. The van der Waals surface area contributed by atoms with Crippen LogP contribution in [0.15, 0.2) is 22.7 Å². The Balaban J connectivity index is 2.24. The van der Waals surface area contributed by atoms with Crippen LogP contribution >= 0.6 is 15.9 Å². The Hall–Kier alpha value is -0.620. The summed E-state index contributed by atoms with van der Waals surface area (Å²) in [7, 11) is 1.96. The Bertz CT molecular complexity index is 493. The summed E-state index contributed by atoms with van der Waals surface area (Å²) in [5, 5.41) is 12.7. The van der Waals surface area contributed by atoms with Crippen LogP contribution < -0.4 is 10.2 Å². The SMILES string of the molecule is CNC(C)c1ccc(N2CC(CO)OC(C)(C)C2)c(Br)c1. The molecule has 0 bridgehead atoms. The largest absolute Gasteiger partial charge is 0.394 e. The molecule has 1 aliphatic heterocycles. The average Bonchev–Trinajstić information content (AvgIpc) is 2.44. The molecule has 118 valence electrons. The third kappa shape index (κ3) is 3.97. The van der Waals surface area contributed by atoms with Crippen LogP contribution in [0.25, 0.3) is 0 Å². The van der Waals surface area contributed by atoms with E-state index in [1.54, 1.807) is 0 Å². The van der Waals surface area contributed by atoms with E-state index in [0.717, 1.165) is 16.7 Å². The normalized spacial score (nSPS) is 23.1. The van der Waals surface area contributed by atoms with Gasteiger partial charge in [0.05, 0.1) is 24.0 Å². The third-order valence-electron chi connectivity index (χ3n) is 3.93. The number of hydrogen-bond acceptors (Lipinski definition) is 4. The van der Waals surface area contributed by atoms with Crippen molar-refractivity contribution in [3.05, 3.63) is 28.2 Å². The number of hydrogen-bond donors (Lipinski definition) is 2. The molecule has 0 amide bonds. The smallest absolute Gasteiger partial charge is 0.0988 e. The zero-order valence-corrected chi connectivity index (χ0v) is 14.8. The highest BCUT2D eigenvalue weighted by molar-refractivity contribution is 9.10. The Morgan fingerprint density at radius 3 is 2.81 bits per heavy atom. The van der Waals surface area contributed by atoms with Crippen LogP contribution in [0.4, 0.5) is 5.69 Å². The van der Waals surface area contributed by atoms with Crippen LogP contribution in [-0.2, 0) is 4.74 Å². The van der Waals surface area contributed by atoms with E-state index >= 15 is 0 Å². The lowest BCUT2D eigenvalue weighted by atomic mass is 10.0. The molecule has 1 saturated heterocycles. The summed E-state index contributed by atoms with van der Waals surface area (Å²) in [5.41, 5.74) is 2.14. The number of morpholine rings is 1. The lowest BCUT2D eigenvalue weighted by Crippen LogP contribution is -2.54. The van der Waals surface area contributed by atoms with Gasteiger partial charge in [0.25, 0.3) is 0 Å². The molecule has 5 heteroatoms. The summed E-state index contributed by atoms with van der Waals surface area (Å²) in [6.45, 7) is 7.83. The van der Waals surface area contributed by atoms with Crippen molar-refractivity contribution in [1.29, 1.82) is 0 Å². The van der Waals surface area contributed by atoms with E-state index in [9.17, 15) is 5.11 Å². The highest BCUT2D eigenvalue weighted by Gasteiger charge is 2.33. The van der Waals surface area contributed by atoms with Crippen molar-refractivity contribution < 1.29 is 9.84 Å². The minimum absolute atomic E-state index is 0.0480. The van der Waals surface area contributed by atoms with Gasteiger partial charge in [0.2, 0.25) is 0 Å². The van der Waals surface area contributed by atoms with Crippen molar-refractivity contribution in [3.8, 4) is 0 Å². The lowest BCUT2D eigenvalue weighted by molar-refractivity contribution is -0.101. The van der Waals surface area contributed by atoms with Gasteiger partial charge in [0.15, 0.2) is 0 Å². The molecule has 1 aliphatic rings. The van der Waals surface area contributed by atoms with Crippen molar-refractivity contribution in [3.63, 3.8) is 0 Å². The van der Waals surface area contributed by atoms with Gasteiger partial charge in [-0.1, -0.05) is 6.07 Å². The second-order valence-electron chi connectivity index (χ2n) is 6.28. The summed E-state index contributed by atoms with van der Waals surface area (Å²) in [4.78, 5) is 2.28. The molecule has 0 saturated carbocycles. The van der Waals surface area contributed by atoms with E-state index in [4.69, 9.17) is 4.74 Å². The molecule has 1 aromatic carbocycles. The number of anilines is 1. The van der Waals surface area contributed by atoms with Crippen LogP contribution in [0, 0.1) is 0 Å². The monoisotopic (exact) mass is 356 g/mol. The standard InChI is InChI=1S/C16H25BrN2O2/c1-11(18-4)12-5-6-15(14(17)7-12)19-8-13(9-20)21-16(2,3)10-19/h5-7,11,13,18,20H,8-10H2,1-4H3. The summed E-state index contributed by atoms with van der Waals surface area (Å²) >= 11 is 3.69. The quantitative estimate of drug-likeness (QED) is 0.870. The van der Waals surface area contributed by atoms with Gasteiger partial charge in [-0.25, -0.2) is 0 Å². The van der Waals surface area contributed by atoms with Crippen molar-refractivity contribution in [2.45, 2.75) is 38.5 Å². The van der Waals surface area contributed by atoms with E-state index in [1.165, 1.54) is 5.56 Å². The van der Waals surface area contributed by atoms with Crippen molar-refractivity contribution >= 4 is 21.6 Å². The molecule has 2 atom stereocenters. The third-order valence-corrected chi connectivity index (χ3v) is 4.57. The summed E-state index contributed by atoms with van der Waals surface area (Å²) < 4.78 is 6.96. The maximum Gasteiger partial charge on any atom is 0.0988 e. The molecule has 1 heterocycles. The molecule has 2 N–H and O–H groups in total. The number of nitrogens with one attached hydrogen (secondary N) is 1. The van der Waals surface area contributed by atoms with Gasteiger partial charge in [0, 0.05) is 23.6 Å². The molecule has 4 nitrogen and oxygen atoms in total. The fraction of sp³-hybridized carbons (Fsp3) is 0.625. The maximum absolute atomic E-state index is 9.43. The molecule has 2 rings (SSSR count). The summed E-state index contributed by atoms with van der Waals surface area (Å²) in [6, 6.07) is 6.77. The molecule has 1 aromatic rings. The van der Waals surface area contributed by atoms with Crippen LogP contribution in [0.1, 0.15) is 32.4 Å². The molecule has 0 spiro atoms. The van der Waals surface area contributed by atoms with Crippen molar-refractivity contribution in [2.75, 3.05) is 31.6 Å². The number of halogens is 1. The van der Waals surface area contributed by atoms with E-state index in [2.05, 4.69) is 65.1 Å². The van der Waals surface area contributed by atoms with Crippen LogP contribution in [0.2, 0.25) is 0 Å². The molecule has 0 aliphatic carbocycles. The highest BCUT2D eigenvalue weighted by atomic mass is 79.9. The van der Waals surface area contributed by atoms with Gasteiger partial charge < -0.3 is 20.1 Å². The summed E-state index contributed by atoms with van der Waals surface area (Å²) in [6.07, 6.45) is -0.142. The fourth-order valence-electron chi connectivity index (χ4n) is 2.79. The van der Waals surface area contributed by atoms with Crippen molar-refractivity contribution in [2.24, 2.45) is 0 Å². The second-order valence-corrected chi connectivity index (χ2v) is 7.14. The number of aliphatic hydroxyl groups excluding tert-OH is 1. The van der Waals surface area contributed by atoms with E-state index in [0.29, 0.717) is 12.6 Å². The van der Waals surface area contributed by atoms with Crippen LogP contribution in [0.3, 0.4) is 0 Å². The fourth-order valence-corrected chi connectivity index (χ4v) is 3.44. The minimum Gasteiger partial charge on any atom is -0.394 e. The van der Waals surface area contributed by atoms with Crippen LogP contribution in [-0.4, -0.2) is 43.6 Å². The topological polar surface area (TPSA) is 44.7 Å². The van der Waals surface area contributed by atoms with Gasteiger partial charge >= 0.3 is 0 Å². The molecule has 0 aromatic heterocycles. The zero-order valence-electron chi connectivity index (χ0n) is 13.2. The first-order chi connectivity index (χ1) is 9.86. The predicted molar refractivity (Wildman–Crippen MR) is 89.9 cm³/mol. The molecule has 1 fully saturated rings. The number of ether oxygens (including phenoxy) is 1. The highest BCUT2D eigenvalue weighted by Crippen LogP contribution is 2.33. The molecule has 21 heavy (non-hydrogen) atoms. The molecule has 0 radical (unpaired) electrons. The number of rotatable bonds is 4. The maximum atomic E-state index is 9.43. The van der Waals surface area contributed by atoms with Gasteiger partial charge in [-0.15, -0.1) is 0 Å². The molecular weight excluding hydrogens is 332 g/mol. The first-order valence-corrected chi connectivity index (χ1v) is 8.16. The Morgan fingerprint density at radius 2 is 2.24 bits per heavy atom. The van der Waals surface area contributed by atoms with E-state index in [1.807, 2.05) is 7.05 Å². The molecule has 2 unspecified atom stereocenters. The number of nitrogens with zero attached hydrogens (tertiary/aromatic N) is 1. The average molecular weight is 357 g/mol. The number of aliphatic hydroxyl groups is 1. The predicted octanol–water partition coefficient (Wildman–Crippen LogP) is 2.71. The van der Waals surface area contributed by atoms with Gasteiger partial charge in [-0.3, -0.25) is 0 Å². The molecular formula is C16H25BrN2O2. The first kappa shape index (κ1) is 16.7. The van der Waals surface area contributed by atoms with Gasteiger partial charge in [-0.2, -0.15) is 0 Å². The number of benzene rings is 1.